The molecular weight excluding hydrogens is 322 g/mol. The van der Waals surface area contributed by atoms with Crippen LogP contribution in [0.5, 0.6) is 0 Å². The lowest BCUT2D eigenvalue weighted by molar-refractivity contribution is 0.240. The number of methoxy groups -OCH3 is 1. The highest BCUT2D eigenvalue weighted by atomic mass is 79.9. The molecule has 1 aromatic heterocycles. The minimum Gasteiger partial charge on any atom is -0.372 e. The van der Waals surface area contributed by atoms with E-state index in [2.05, 4.69) is 44.0 Å². The summed E-state index contributed by atoms with van der Waals surface area (Å²) in [6.07, 6.45) is 0. The molecule has 0 aliphatic heterocycles. The summed E-state index contributed by atoms with van der Waals surface area (Å²) in [5, 5.41) is 0. The minimum absolute atomic E-state index is 0.397. The van der Waals surface area contributed by atoms with Crippen molar-refractivity contribution in [2.24, 2.45) is 0 Å². The largest absolute Gasteiger partial charge is 0.372 e. The summed E-state index contributed by atoms with van der Waals surface area (Å²) in [5.41, 5.74) is 1.80. The molecule has 1 aromatic carbocycles. The van der Waals surface area contributed by atoms with Crippen molar-refractivity contribution < 1.29 is 4.74 Å². The van der Waals surface area contributed by atoms with E-state index in [4.69, 9.17) is 4.74 Å². The van der Waals surface area contributed by atoms with E-state index in [9.17, 15) is 0 Å². The number of rotatable bonds is 1. The smallest absolute Gasteiger partial charge is 0.136 e. The lowest BCUT2D eigenvalue weighted by Gasteiger charge is -1.88. The molecule has 0 aliphatic rings. The quantitative estimate of drug-likeness (QED) is 0.748. The molecule has 0 fully saturated rings. The van der Waals surface area contributed by atoms with Gasteiger partial charge in [0.2, 0.25) is 0 Å². The second kappa shape index (κ2) is 7.11. The van der Waals surface area contributed by atoms with Crippen molar-refractivity contribution >= 4 is 27.5 Å². The number of aromatic nitrogens is 1. The van der Waals surface area contributed by atoms with Gasteiger partial charge in [0.15, 0.2) is 0 Å². The first-order chi connectivity index (χ1) is 9.31. The maximum Gasteiger partial charge on any atom is 0.136 e. The van der Waals surface area contributed by atoms with Crippen molar-refractivity contribution in [1.29, 1.82) is 0 Å². The monoisotopic (exact) mass is 331 g/mol. The Labute approximate surface area is 125 Å². The van der Waals surface area contributed by atoms with Gasteiger partial charge in [-0.05, 0) is 45.5 Å². The highest BCUT2D eigenvalue weighted by Crippen LogP contribution is 2.22. The van der Waals surface area contributed by atoms with Crippen LogP contribution >= 0.6 is 27.5 Å². The van der Waals surface area contributed by atoms with E-state index >= 15 is 0 Å². The van der Waals surface area contributed by atoms with Gasteiger partial charge in [-0.15, -0.1) is 0 Å². The fraction of sp³-hybridized carbons (Fsp3) is 0.133. The Morgan fingerprint density at radius 2 is 2.00 bits per heavy atom. The fourth-order valence-corrected chi connectivity index (χ4v) is 2.56. The highest BCUT2D eigenvalue weighted by molar-refractivity contribution is 9.10. The Morgan fingerprint density at radius 1 is 1.21 bits per heavy atom. The van der Waals surface area contributed by atoms with Crippen LogP contribution < -0.4 is 0 Å². The maximum absolute atomic E-state index is 4.91. The molecule has 0 saturated heterocycles. The third-order valence-electron chi connectivity index (χ3n) is 2.17. The van der Waals surface area contributed by atoms with E-state index in [1.165, 1.54) is 11.5 Å². The van der Waals surface area contributed by atoms with Gasteiger partial charge in [0.1, 0.15) is 16.1 Å². The van der Waals surface area contributed by atoms with Gasteiger partial charge < -0.3 is 4.74 Å². The Morgan fingerprint density at radius 3 is 2.74 bits per heavy atom. The minimum atomic E-state index is 0.397. The normalized spacial score (nSPS) is 9.16. The van der Waals surface area contributed by atoms with E-state index < -0.39 is 0 Å². The van der Waals surface area contributed by atoms with Crippen LogP contribution in [0.2, 0.25) is 0 Å². The molecule has 94 valence electrons. The summed E-state index contributed by atoms with van der Waals surface area (Å²) in [6.45, 7) is 0.397. The molecular formula is C15H10BrNOS. The first kappa shape index (κ1) is 13.8. The number of halogens is 1. The average Bonchev–Trinajstić information content (AvgIpc) is 2.79. The second-order valence-electron chi connectivity index (χ2n) is 3.53. The molecule has 2 rings (SSSR count). The van der Waals surface area contributed by atoms with E-state index in [0.717, 1.165) is 20.6 Å². The van der Waals surface area contributed by atoms with Crippen molar-refractivity contribution in [3.63, 3.8) is 0 Å². The average molecular weight is 332 g/mol. The molecule has 4 heteroatoms. The van der Waals surface area contributed by atoms with Crippen molar-refractivity contribution in [1.82, 2.24) is 4.37 Å². The summed E-state index contributed by atoms with van der Waals surface area (Å²) < 4.78 is 9.86. The first-order valence-corrected chi connectivity index (χ1v) is 7.08. The van der Waals surface area contributed by atoms with Gasteiger partial charge in [0.25, 0.3) is 0 Å². The Hall–Kier alpha value is -1.59. The van der Waals surface area contributed by atoms with Crippen LogP contribution in [0.1, 0.15) is 16.0 Å². The van der Waals surface area contributed by atoms with Crippen LogP contribution in [0.25, 0.3) is 0 Å². The molecule has 0 N–H and O–H groups in total. The number of nitrogens with zero attached hydrogens (tertiary/aromatic N) is 1. The summed E-state index contributed by atoms with van der Waals surface area (Å²) in [6, 6.07) is 9.84. The van der Waals surface area contributed by atoms with Gasteiger partial charge in [-0.3, -0.25) is 0 Å². The molecule has 0 spiro atoms. The Kier molecular flexibility index (Phi) is 5.18. The third kappa shape index (κ3) is 3.94. The van der Waals surface area contributed by atoms with E-state index in [-0.39, 0.29) is 0 Å². The third-order valence-corrected chi connectivity index (χ3v) is 3.75. The first-order valence-electron chi connectivity index (χ1n) is 5.51. The van der Waals surface area contributed by atoms with Crippen molar-refractivity contribution in [2.75, 3.05) is 13.7 Å². The molecule has 0 atom stereocenters. The van der Waals surface area contributed by atoms with E-state index in [1.54, 1.807) is 7.11 Å². The molecule has 0 bridgehead atoms. The highest BCUT2D eigenvalue weighted by Gasteiger charge is 2.07. The summed E-state index contributed by atoms with van der Waals surface area (Å²) in [4.78, 5) is 0.860. The molecule has 0 radical (unpaired) electrons. The van der Waals surface area contributed by atoms with Crippen LogP contribution in [0.15, 0.2) is 34.9 Å². The van der Waals surface area contributed by atoms with Crippen molar-refractivity contribution in [2.45, 2.75) is 0 Å². The van der Waals surface area contributed by atoms with Crippen molar-refractivity contribution in [3.05, 3.63) is 50.9 Å². The zero-order valence-electron chi connectivity index (χ0n) is 10.2. The van der Waals surface area contributed by atoms with Gasteiger partial charge in [-0.25, -0.2) is 0 Å². The predicted octanol–water partition coefficient (Wildman–Crippen LogP) is 3.30. The molecule has 2 aromatic rings. The summed E-state index contributed by atoms with van der Waals surface area (Å²) >= 11 is 4.72. The van der Waals surface area contributed by atoms with Crippen LogP contribution in [0.4, 0.5) is 0 Å². The zero-order valence-corrected chi connectivity index (χ0v) is 12.6. The second-order valence-corrected chi connectivity index (χ2v) is 5.05. The fourth-order valence-electron chi connectivity index (χ4n) is 1.31. The molecule has 2 nitrogen and oxygen atoms in total. The summed E-state index contributed by atoms with van der Waals surface area (Å²) in [7, 11) is 1.62. The van der Waals surface area contributed by atoms with Gasteiger partial charge in [-0.2, -0.15) is 4.37 Å². The number of ether oxygens (including phenoxy) is 1. The number of hydrogen-bond donors (Lipinski definition) is 0. The zero-order chi connectivity index (χ0) is 13.5. The lowest BCUT2D eigenvalue weighted by atomic mass is 10.2. The Balaban J connectivity index is 2.28. The van der Waals surface area contributed by atoms with E-state index in [1.807, 2.05) is 30.3 Å². The Bertz CT molecular complexity index is 671. The molecule has 0 saturated carbocycles. The van der Waals surface area contributed by atoms with Gasteiger partial charge in [-0.1, -0.05) is 36.0 Å². The van der Waals surface area contributed by atoms with E-state index in [0.29, 0.717) is 6.61 Å². The molecule has 0 unspecified atom stereocenters. The number of benzene rings is 1. The SMILES string of the molecule is COCC#Cc1c(Br)nsc1C#Cc1ccccc1. The maximum atomic E-state index is 4.91. The van der Waals surface area contributed by atoms with Gasteiger partial charge in [0.05, 0.1) is 5.56 Å². The summed E-state index contributed by atoms with van der Waals surface area (Å²) in [5.74, 6) is 12.2. The van der Waals surface area contributed by atoms with Crippen molar-refractivity contribution in [3.8, 4) is 23.7 Å². The van der Waals surface area contributed by atoms with Gasteiger partial charge >= 0.3 is 0 Å². The van der Waals surface area contributed by atoms with Crippen LogP contribution in [0, 0.1) is 23.7 Å². The topological polar surface area (TPSA) is 22.1 Å². The lowest BCUT2D eigenvalue weighted by Crippen LogP contribution is -1.83. The number of hydrogen-bond acceptors (Lipinski definition) is 3. The molecule has 0 aliphatic carbocycles. The van der Waals surface area contributed by atoms with Crippen LogP contribution in [-0.2, 0) is 4.74 Å². The van der Waals surface area contributed by atoms with Crippen LogP contribution in [-0.4, -0.2) is 18.1 Å². The van der Waals surface area contributed by atoms with Gasteiger partial charge in [0, 0.05) is 12.7 Å². The standard InChI is InChI=1S/C15H10BrNOS/c1-18-11-5-8-13-14(19-17-15(13)16)10-9-12-6-3-2-4-7-12/h2-4,6-7H,11H2,1H3. The predicted molar refractivity (Wildman–Crippen MR) is 81.0 cm³/mol. The molecule has 0 amide bonds. The molecule has 1 heterocycles. The molecule has 19 heavy (non-hydrogen) atoms. The van der Waals surface area contributed by atoms with Crippen LogP contribution in [0.3, 0.4) is 0 Å².